The van der Waals surface area contributed by atoms with Crippen LogP contribution in [0.3, 0.4) is 0 Å². The molecule has 0 fully saturated rings. The predicted molar refractivity (Wildman–Crippen MR) is 121 cm³/mol. The highest BCUT2D eigenvalue weighted by Gasteiger charge is 2.21. The number of nitrogens with one attached hydrogen (secondary N) is 2. The second-order valence-electron chi connectivity index (χ2n) is 7.76. The zero-order valence-electron chi connectivity index (χ0n) is 17.6. The average molecular weight is 413 g/mol. The number of nitrogen functional groups attached to an aromatic ring is 1. The van der Waals surface area contributed by atoms with Crippen LogP contribution in [0.2, 0.25) is 0 Å². The monoisotopic (exact) mass is 413 g/mol. The first-order valence-electron chi connectivity index (χ1n) is 9.65. The number of carbonyl (C=O) groups is 2. The molecule has 1 heterocycles. The van der Waals surface area contributed by atoms with Crippen LogP contribution in [0.15, 0.2) is 60.9 Å². The number of aryl methyl sites for hydroxylation is 1. The number of rotatable bonds is 5. The molecule has 3 aromatic rings. The van der Waals surface area contributed by atoms with Crippen molar-refractivity contribution < 1.29 is 9.59 Å². The van der Waals surface area contributed by atoms with Crippen molar-refractivity contribution in [2.45, 2.75) is 26.2 Å². The van der Waals surface area contributed by atoms with Gasteiger partial charge in [0.1, 0.15) is 0 Å². The molecule has 0 atom stereocenters. The van der Waals surface area contributed by atoms with Crippen molar-refractivity contribution in [2.24, 2.45) is 0 Å². The lowest BCUT2D eigenvalue weighted by molar-refractivity contribution is 0.101. The molecule has 4 N–H and O–H groups in total. The normalized spacial score (nSPS) is 10.8. The van der Waals surface area contributed by atoms with Gasteiger partial charge in [0.25, 0.3) is 11.8 Å². The van der Waals surface area contributed by atoms with Crippen molar-refractivity contribution >= 4 is 28.9 Å². The zero-order valence-corrected chi connectivity index (χ0v) is 17.6. The topological polar surface area (TPSA) is 121 Å². The van der Waals surface area contributed by atoms with E-state index in [1.807, 2.05) is 13.0 Å². The van der Waals surface area contributed by atoms with Crippen LogP contribution in [-0.4, -0.2) is 16.8 Å². The zero-order chi connectivity index (χ0) is 22.6. The van der Waals surface area contributed by atoms with Crippen molar-refractivity contribution in [3.8, 4) is 6.07 Å². The van der Waals surface area contributed by atoms with E-state index in [-0.39, 0.29) is 11.8 Å². The molecule has 0 spiro atoms. The van der Waals surface area contributed by atoms with Crippen molar-refractivity contribution in [2.75, 3.05) is 16.4 Å². The summed E-state index contributed by atoms with van der Waals surface area (Å²) in [5.41, 5.74) is 8.76. The summed E-state index contributed by atoms with van der Waals surface area (Å²) in [4.78, 5) is 29.4. The van der Waals surface area contributed by atoms with E-state index in [1.54, 1.807) is 56.3 Å². The molecule has 0 unspecified atom stereocenters. The summed E-state index contributed by atoms with van der Waals surface area (Å²) in [6, 6.07) is 15.9. The molecule has 0 aliphatic rings. The second kappa shape index (κ2) is 8.67. The van der Waals surface area contributed by atoms with E-state index in [0.29, 0.717) is 28.2 Å². The van der Waals surface area contributed by atoms with E-state index in [1.165, 1.54) is 12.4 Å². The molecule has 31 heavy (non-hydrogen) atoms. The van der Waals surface area contributed by atoms with Crippen molar-refractivity contribution in [1.82, 2.24) is 4.98 Å². The first-order valence-corrected chi connectivity index (χ1v) is 9.65. The Hall–Kier alpha value is -4.18. The molecular weight excluding hydrogens is 390 g/mol. The lowest BCUT2D eigenvalue weighted by Crippen LogP contribution is -2.18. The summed E-state index contributed by atoms with van der Waals surface area (Å²) in [6.07, 6.45) is 2.99. The summed E-state index contributed by atoms with van der Waals surface area (Å²) in [5.74, 6) is -0.662. The van der Waals surface area contributed by atoms with Gasteiger partial charge in [0.15, 0.2) is 0 Å². The fourth-order valence-corrected chi connectivity index (χ4v) is 2.99. The molecule has 7 nitrogen and oxygen atoms in total. The number of benzene rings is 2. The molecule has 0 bridgehead atoms. The second-order valence-corrected chi connectivity index (χ2v) is 7.76. The lowest BCUT2D eigenvalue weighted by atomic mass is 9.85. The molecule has 0 aliphatic heterocycles. The van der Waals surface area contributed by atoms with E-state index in [9.17, 15) is 14.9 Å². The number of hydrogen-bond donors (Lipinski definition) is 3. The highest BCUT2D eigenvalue weighted by Crippen LogP contribution is 2.24. The van der Waals surface area contributed by atoms with E-state index in [0.717, 1.165) is 11.1 Å². The Kier molecular flexibility index (Phi) is 6.02. The first kappa shape index (κ1) is 21.5. The molecule has 7 heteroatoms. The first-order chi connectivity index (χ1) is 14.7. The van der Waals surface area contributed by atoms with Gasteiger partial charge in [0.05, 0.1) is 29.1 Å². The van der Waals surface area contributed by atoms with Gasteiger partial charge < -0.3 is 16.4 Å². The van der Waals surface area contributed by atoms with Gasteiger partial charge in [-0.25, -0.2) is 0 Å². The van der Waals surface area contributed by atoms with E-state index < -0.39 is 5.41 Å². The minimum Gasteiger partial charge on any atom is -0.397 e. The fourth-order valence-electron chi connectivity index (χ4n) is 2.99. The molecule has 2 aromatic carbocycles. The largest absolute Gasteiger partial charge is 0.397 e. The Morgan fingerprint density at radius 2 is 1.74 bits per heavy atom. The minimum atomic E-state index is -0.707. The van der Waals surface area contributed by atoms with Crippen LogP contribution in [0.1, 0.15) is 45.7 Å². The molecule has 2 amide bonds. The van der Waals surface area contributed by atoms with Crippen LogP contribution in [0.25, 0.3) is 0 Å². The Morgan fingerprint density at radius 3 is 2.45 bits per heavy atom. The van der Waals surface area contributed by atoms with Gasteiger partial charge in [-0.3, -0.25) is 14.6 Å². The maximum absolute atomic E-state index is 12.8. The number of nitrogens with zero attached hydrogens (tertiary/aromatic N) is 2. The van der Waals surface area contributed by atoms with E-state index in [2.05, 4.69) is 21.7 Å². The summed E-state index contributed by atoms with van der Waals surface area (Å²) in [5, 5.41) is 14.9. The Morgan fingerprint density at radius 1 is 1.00 bits per heavy atom. The third-order valence-corrected chi connectivity index (χ3v) is 4.88. The molecule has 156 valence electrons. The van der Waals surface area contributed by atoms with Crippen LogP contribution in [0.4, 0.5) is 17.1 Å². The Balaban J connectivity index is 1.80. The van der Waals surface area contributed by atoms with Gasteiger partial charge in [-0.15, -0.1) is 0 Å². The lowest BCUT2D eigenvalue weighted by Gasteiger charge is -2.16. The van der Waals surface area contributed by atoms with Crippen molar-refractivity contribution in [3.05, 3.63) is 83.2 Å². The summed E-state index contributed by atoms with van der Waals surface area (Å²) in [6.45, 7) is 5.40. The van der Waals surface area contributed by atoms with Crippen molar-refractivity contribution in [3.63, 3.8) is 0 Å². The number of hydrogen-bond acceptors (Lipinski definition) is 5. The van der Waals surface area contributed by atoms with Crippen LogP contribution in [0, 0.1) is 18.3 Å². The third-order valence-electron chi connectivity index (χ3n) is 4.88. The summed E-state index contributed by atoms with van der Waals surface area (Å²) >= 11 is 0. The Bertz CT molecular complexity index is 1190. The summed E-state index contributed by atoms with van der Waals surface area (Å²) < 4.78 is 0. The molecule has 0 radical (unpaired) electrons. The van der Waals surface area contributed by atoms with Gasteiger partial charge in [-0.1, -0.05) is 18.2 Å². The molecular formula is C24H23N5O2. The van der Waals surface area contributed by atoms with Gasteiger partial charge in [0.2, 0.25) is 0 Å². The van der Waals surface area contributed by atoms with Crippen LogP contribution in [0.5, 0.6) is 0 Å². The third kappa shape index (κ3) is 5.06. The minimum absolute atomic E-state index is 0.328. The van der Waals surface area contributed by atoms with Gasteiger partial charge in [-0.2, -0.15) is 5.26 Å². The predicted octanol–water partition coefficient (Wildman–Crippen LogP) is 4.28. The molecule has 0 saturated heterocycles. The van der Waals surface area contributed by atoms with Gasteiger partial charge in [0, 0.05) is 23.0 Å². The smallest absolute Gasteiger partial charge is 0.256 e. The highest BCUT2D eigenvalue weighted by atomic mass is 16.2. The molecule has 3 rings (SSSR count). The van der Waals surface area contributed by atoms with E-state index in [4.69, 9.17) is 5.73 Å². The number of aromatic nitrogens is 1. The van der Waals surface area contributed by atoms with Crippen molar-refractivity contribution in [1.29, 1.82) is 5.26 Å². The number of anilines is 3. The van der Waals surface area contributed by atoms with Gasteiger partial charge in [-0.05, 0) is 62.2 Å². The molecule has 1 aromatic heterocycles. The fraction of sp³-hybridized carbons (Fsp3) is 0.167. The summed E-state index contributed by atoms with van der Waals surface area (Å²) in [7, 11) is 0. The highest BCUT2D eigenvalue weighted by molar-refractivity contribution is 6.08. The van der Waals surface area contributed by atoms with Crippen LogP contribution in [-0.2, 0) is 5.41 Å². The number of pyridine rings is 1. The maximum Gasteiger partial charge on any atom is 0.256 e. The van der Waals surface area contributed by atoms with Crippen LogP contribution >= 0.6 is 0 Å². The number of nitriles is 1. The quantitative estimate of drug-likeness (QED) is 0.576. The number of carbonyl (C=O) groups excluding carboxylic acids is 2. The van der Waals surface area contributed by atoms with Crippen LogP contribution < -0.4 is 16.4 Å². The standard InChI is InChI=1S/C24H23N5O2/c1-15-7-8-19(11-21(15)23(31)29-20-10-18(26)12-27-13-20)28-22(30)16-5-4-6-17(9-16)24(2,3)14-25/h4-13H,26H2,1-3H3,(H,28,30)(H,29,31). The number of nitrogens with two attached hydrogens (primary N) is 1. The molecule has 0 saturated carbocycles. The van der Waals surface area contributed by atoms with Gasteiger partial charge >= 0.3 is 0 Å². The van der Waals surface area contributed by atoms with E-state index >= 15 is 0 Å². The Labute approximate surface area is 180 Å². The SMILES string of the molecule is Cc1ccc(NC(=O)c2cccc(C(C)(C)C#N)c2)cc1C(=O)Nc1cncc(N)c1. The average Bonchev–Trinajstić information content (AvgIpc) is 2.75. The molecule has 0 aliphatic carbocycles. The maximum atomic E-state index is 12.8. The number of amides is 2.